The Morgan fingerprint density at radius 2 is 1.61 bits per heavy atom. The standard InChI is InChI=1S/C18H10F6N2O2S3/c19-17(20,21)10-1-8(2-11(4-10)18(22,23)24)9-3-12(30-7-9)5-13-15(28)26(6-14(25)27)16(29)31-13/h1-5,7H,6H2,(H2,25,27). The molecule has 2 N–H and O–H groups in total. The van der Waals surface area contributed by atoms with Gasteiger partial charge in [-0.25, -0.2) is 0 Å². The van der Waals surface area contributed by atoms with Gasteiger partial charge in [-0.3, -0.25) is 14.5 Å². The molecular formula is C18H10F6N2O2S3. The van der Waals surface area contributed by atoms with Crippen LogP contribution in [0.2, 0.25) is 0 Å². The lowest BCUT2D eigenvalue weighted by atomic mass is 10.0. The molecule has 2 heterocycles. The van der Waals surface area contributed by atoms with Crippen molar-refractivity contribution in [3.8, 4) is 11.1 Å². The van der Waals surface area contributed by atoms with Crippen LogP contribution in [0.4, 0.5) is 26.3 Å². The molecule has 1 aromatic carbocycles. The number of hydrogen-bond donors (Lipinski definition) is 1. The fourth-order valence-corrected chi connectivity index (χ4v) is 4.79. The van der Waals surface area contributed by atoms with E-state index < -0.39 is 41.8 Å². The molecule has 1 aliphatic heterocycles. The fourth-order valence-electron chi connectivity index (χ4n) is 2.62. The summed E-state index contributed by atoms with van der Waals surface area (Å²) >= 11 is 6.94. The fraction of sp³-hybridized carbons (Fsp3) is 0.167. The average molecular weight is 496 g/mol. The Kier molecular flexibility index (Phi) is 6.22. The van der Waals surface area contributed by atoms with Gasteiger partial charge in [0, 0.05) is 4.88 Å². The van der Waals surface area contributed by atoms with Crippen molar-refractivity contribution in [3.63, 3.8) is 0 Å². The van der Waals surface area contributed by atoms with Crippen molar-refractivity contribution >= 4 is 57.5 Å². The molecule has 2 amide bonds. The van der Waals surface area contributed by atoms with Gasteiger partial charge < -0.3 is 5.73 Å². The zero-order valence-corrected chi connectivity index (χ0v) is 17.5. The van der Waals surface area contributed by atoms with Crippen LogP contribution in [0.1, 0.15) is 16.0 Å². The minimum absolute atomic E-state index is 0.0564. The number of primary amides is 1. The number of amides is 2. The number of alkyl halides is 6. The number of benzene rings is 1. The molecule has 0 aliphatic carbocycles. The molecule has 164 valence electrons. The van der Waals surface area contributed by atoms with Gasteiger partial charge in [-0.05, 0) is 46.8 Å². The molecule has 0 unspecified atom stereocenters. The molecule has 13 heteroatoms. The Bertz CT molecular complexity index is 1070. The van der Waals surface area contributed by atoms with E-state index in [1.54, 1.807) is 0 Å². The Labute approximate surface area is 184 Å². The number of thioether (sulfide) groups is 1. The number of nitrogens with two attached hydrogens (primary N) is 1. The van der Waals surface area contributed by atoms with Crippen LogP contribution in [0.3, 0.4) is 0 Å². The van der Waals surface area contributed by atoms with Crippen molar-refractivity contribution in [1.29, 1.82) is 0 Å². The Hall–Kier alpha value is -2.38. The topological polar surface area (TPSA) is 63.4 Å². The van der Waals surface area contributed by atoms with E-state index in [1.165, 1.54) is 17.5 Å². The van der Waals surface area contributed by atoms with Crippen LogP contribution in [0, 0.1) is 0 Å². The third-order valence-corrected chi connectivity index (χ3v) is 6.26. The molecule has 0 bridgehead atoms. The first kappa shape index (κ1) is 23.3. The van der Waals surface area contributed by atoms with Crippen LogP contribution in [0.25, 0.3) is 17.2 Å². The van der Waals surface area contributed by atoms with Gasteiger partial charge in [0.15, 0.2) is 0 Å². The number of hydrogen-bond acceptors (Lipinski definition) is 5. The minimum Gasteiger partial charge on any atom is -0.368 e. The van der Waals surface area contributed by atoms with Gasteiger partial charge in [-0.1, -0.05) is 24.0 Å². The molecule has 1 saturated heterocycles. The second kappa shape index (κ2) is 8.28. The molecule has 31 heavy (non-hydrogen) atoms. The van der Waals surface area contributed by atoms with E-state index in [-0.39, 0.29) is 26.4 Å². The molecule has 1 fully saturated rings. The molecule has 1 aliphatic rings. The number of nitrogens with zero attached hydrogens (tertiary/aromatic N) is 1. The summed E-state index contributed by atoms with van der Waals surface area (Å²) in [7, 11) is 0. The summed E-state index contributed by atoms with van der Waals surface area (Å²) in [6.07, 6.45) is -8.51. The molecule has 3 rings (SSSR count). The van der Waals surface area contributed by atoms with Crippen molar-refractivity contribution in [2.45, 2.75) is 12.4 Å². The number of rotatable bonds is 4. The third-order valence-electron chi connectivity index (χ3n) is 4.00. The highest BCUT2D eigenvalue weighted by atomic mass is 32.2. The van der Waals surface area contributed by atoms with Crippen LogP contribution < -0.4 is 5.73 Å². The molecule has 0 atom stereocenters. The van der Waals surface area contributed by atoms with Crippen LogP contribution >= 0.6 is 35.3 Å². The van der Waals surface area contributed by atoms with Gasteiger partial charge >= 0.3 is 12.4 Å². The van der Waals surface area contributed by atoms with Gasteiger partial charge in [0.05, 0.1) is 16.0 Å². The minimum atomic E-state index is -4.96. The maximum atomic E-state index is 13.1. The first-order valence-corrected chi connectivity index (χ1v) is 10.3. The van der Waals surface area contributed by atoms with Crippen molar-refractivity contribution in [1.82, 2.24) is 4.90 Å². The maximum absolute atomic E-state index is 13.1. The van der Waals surface area contributed by atoms with Crippen LogP contribution in [0.15, 0.2) is 34.6 Å². The SMILES string of the molecule is NC(=O)CN1C(=O)C(=Cc2cc(-c3cc(C(F)(F)F)cc(C(F)(F)F)c3)cs2)SC1=S. The zero-order chi connectivity index (χ0) is 23.1. The molecule has 0 spiro atoms. The lowest BCUT2D eigenvalue weighted by Gasteiger charge is -2.13. The predicted molar refractivity (Wildman–Crippen MR) is 109 cm³/mol. The predicted octanol–water partition coefficient (Wildman–Crippen LogP) is 5.14. The van der Waals surface area contributed by atoms with Gasteiger partial charge in [0.2, 0.25) is 5.91 Å². The van der Waals surface area contributed by atoms with Gasteiger partial charge in [-0.2, -0.15) is 26.3 Å². The maximum Gasteiger partial charge on any atom is 0.416 e. The lowest BCUT2D eigenvalue weighted by Crippen LogP contribution is -2.36. The number of halogens is 6. The summed E-state index contributed by atoms with van der Waals surface area (Å²) in [6, 6.07) is 2.68. The Balaban J connectivity index is 1.96. The van der Waals surface area contributed by atoms with Gasteiger partial charge in [0.1, 0.15) is 10.9 Å². The highest BCUT2D eigenvalue weighted by Gasteiger charge is 2.37. The second-order valence-electron chi connectivity index (χ2n) is 6.27. The van der Waals surface area contributed by atoms with Crippen molar-refractivity contribution in [3.05, 3.63) is 50.6 Å². The summed E-state index contributed by atoms with van der Waals surface area (Å²) in [4.78, 5) is 24.9. The first-order valence-electron chi connectivity index (χ1n) is 8.18. The number of carbonyl (C=O) groups is 2. The quantitative estimate of drug-likeness (QED) is 0.362. The summed E-state index contributed by atoms with van der Waals surface area (Å²) in [5.74, 6) is -1.33. The molecule has 2 aromatic rings. The van der Waals surface area contributed by atoms with E-state index in [2.05, 4.69) is 0 Å². The number of carbonyl (C=O) groups excluding carboxylic acids is 2. The summed E-state index contributed by atoms with van der Waals surface area (Å²) < 4.78 is 78.5. The molecular weight excluding hydrogens is 486 g/mol. The van der Waals surface area contributed by atoms with E-state index >= 15 is 0 Å². The van der Waals surface area contributed by atoms with Crippen molar-refractivity contribution in [2.24, 2.45) is 5.73 Å². The summed E-state index contributed by atoms with van der Waals surface area (Å²) in [5.41, 5.74) is 2.09. The third kappa shape index (κ3) is 5.28. The lowest BCUT2D eigenvalue weighted by molar-refractivity contribution is -0.143. The molecule has 4 nitrogen and oxygen atoms in total. The monoisotopic (exact) mass is 496 g/mol. The van der Waals surface area contributed by atoms with Crippen molar-refractivity contribution in [2.75, 3.05) is 6.54 Å². The van der Waals surface area contributed by atoms with Crippen molar-refractivity contribution < 1.29 is 35.9 Å². The summed E-state index contributed by atoms with van der Waals surface area (Å²) in [5, 5.41) is 1.38. The normalized spacial score (nSPS) is 16.5. The number of thiophene rings is 1. The molecule has 0 saturated carbocycles. The first-order chi connectivity index (χ1) is 14.3. The highest BCUT2D eigenvalue weighted by Crippen LogP contribution is 2.40. The average Bonchev–Trinajstić information content (AvgIpc) is 3.20. The van der Waals surface area contributed by atoms with E-state index in [9.17, 15) is 35.9 Å². The van der Waals surface area contributed by atoms with Crippen LogP contribution in [-0.4, -0.2) is 27.6 Å². The number of thiocarbonyl (C=S) groups is 1. The van der Waals surface area contributed by atoms with Gasteiger partial charge in [0.25, 0.3) is 5.91 Å². The smallest absolute Gasteiger partial charge is 0.368 e. The van der Waals surface area contributed by atoms with E-state index in [0.29, 0.717) is 17.0 Å². The van der Waals surface area contributed by atoms with Crippen LogP contribution in [-0.2, 0) is 21.9 Å². The van der Waals surface area contributed by atoms with Crippen LogP contribution in [0.5, 0.6) is 0 Å². The second-order valence-corrected chi connectivity index (χ2v) is 8.89. The van der Waals surface area contributed by atoms with E-state index in [0.717, 1.165) is 28.0 Å². The summed E-state index contributed by atoms with van der Waals surface area (Å²) in [6.45, 7) is -0.401. The van der Waals surface area contributed by atoms with E-state index in [4.69, 9.17) is 18.0 Å². The molecule has 1 aromatic heterocycles. The largest absolute Gasteiger partial charge is 0.416 e. The Morgan fingerprint density at radius 3 is 2.13 bits per heavy atom. The van der Waals surface area contributed by atoms with E-state index in [1.807, 2.05) is 0 Å². The van der Waals surface area contributed by atoms with Gasteiger partial charge in [-0.15, -0.1) is 11.3 Å². The molecule has 0 radical (unpaired) electrons. The Morgan fingerprint density at radius 1 is 1.03 bits per heavy atom. The highest BCUT2D eigenvalue weighted by molar-refractivity contribution is 8.26. The zero-order valence-electron chi connectivity index (χ0n) is 15.0.